The fraction of sp³-hybridized carbons (Fsp3) is 0.133. The lowest BCUT2D eigenvalue weighted by Crippen LogP contribution is -2.31. The summed E-state index contributed by atoms with van der Waals surface area (Å²) in [4.78, 5) is 11.9. The molecule has 0 aromatic heterocycles. The quantitative estimate of drug-likeness (QED) is 0.910. The lowest BCUT2D eigenvalue weighted by molar-refractivity contribution is 0.0951. The van der Waals surface area contributed by atoms with E-state index in [0.29, 0.717) is 12.1 Å². The highest BCUT2D eigenvalue weighted by molar-refractivity contribution is 9.10. The summed E-state index contributed by atoms with van der Waals surface area (Å²) in [5, 5.41) is 2.84. The van der Waals surface area contributed by atoms with Gasteiger partial charge in [0.1, 0.15) is 0 Å². The van der Waals surface area contributed by atoms with E-state index in [2.05, 4.69) is 21.2 Å². The van der Waals surface area contributed by atoms with Crippen molar-refractivity contribution in [2.45, 2.75) is 6.04 Å². The van der Waals surface area contributed by atoms with Gasteiger partial charge < -0.3 is 11.1 Å². The summed E-state index contributed by atoms with van der Waals surface area (Å²) < 4.78 is 0.882. The first kappa shape index (κ1) is 13.8. The summed E-state index contributed by atoms with van der Waals surface area (Å²) in [6.07, 6.45) is 0. The molecule has 2 aromatic rings. The number of nitrogens with two attached hydrogens (primary N) is 1. The zero-order chi connectivity index (χ0) is 13.7. The Morgan fingerprint density at radius 2 is 1.89 bits per heavy atom. The summed E-state index contributed by atoms with van der Waals surface area (Å²) >= 11 is 3.34. The minimum atomic E-state index is -0.197. The van der Waals surface area contributed by atoms with Crippen LogP contribution in [0, 0.1) is 0 Å². The fourth-order valence-corrected chi connectivity index (χ4v) is 2.15. The first-order valence-corrected chi connectivity index (χ1v) is 6.80. The third-order valence-corrected chi connectivity index (χ3v) is 3.29. The Labute approximate surface area is 121 Å². The van der Waals surface area contributed by atoms with Gasteiger partial charge in [0.2, 0.25) is 0 Å². The van der Waals surface area contributed by atoms with Crippen molar-refractivity contribution in [3.8, 4) is 0 Å². The third-order valence-electron chi connectivity index (χ3n) is 2.80. The third kappa shape index (κ3) is 3.91. The van der Waals surface area contributed by atoms with Crippen LogP contribution in [-0.4, -0.2) is 12.5 Å². The Bertz CT molecular complexity index is 557. The summed E-state index contributed by atoms with van der Waals surface area (Å²) in [6, 6.07) is 16.8. The van der Waals surface area contributed by atoms with Crippen molar-refractivity contribution in [3.05, 3.63) is 70.2 Å². The van der Waals surface area contributed by atoms with E-state index < -0.39 is 0 Å². The van der Waals surface area contributed by atoms with Gasteiger partial charge in [-0.1, -0.05) is 52.3 Å². The van der Waals surface area contributed by atoms with Gasteiger partial charge in [0, 0.05) is 22.6 Å². The van der Waals surface area contributed by atoms with Crippen LogP contribution in [0.5, 0.6) is 0 Å². The van der Waals surface area contributed by atoms with Crippen molar-refractivity contribution in [1.82, 2.24) is 5.32 Å². The van der Waals surface area contributed by atoms with Crippen LogP contribution in [0.15, 0.2) is 59.1 Å². The van der Waals surface area contributed by atoms with Crippen LogP contribution in [0.4, 0.5) is 0 Å². The highest BCUT2D eigenvalue weighted by atomic mass is 79.9. The molecule has 1 atom stereocenters. The monoisotopic (exact) mass is 318 g/mol. The Hall–Kier alpha value is -1.65. The molecule has 0 spiro atoms. The molecule has 0 saturated heterocycles. The number of halogens is 1. The Balaban J connectivity index is 1.94. The van der Waals surface area contributed by atoms with E-state index in [1.54, 1.807) is 12.1 Å². The minimum absolute atomic E-state index is 0.118. The van der Waals surface area contributed by atoms with E-state index in [1.165, 1.54) is 0 Å². The maximum Gasteiger partial charge on any atom is 0.251 e. The SMILES string of the molecule is NC(CNC(=O)c1cccc(Br)c1)c1ccccc1. The molecule has 0 radical (unpaired) electrons. The second-order valence-electron chi connectivity index (χ2n) is 4.24. The molecule has 1 amide bonds. The smallest absolute Gasteiger partial charge is 0.251 e. The standard InChI is InChI=1S/C15H15BrN2O/c16-13-8-4-7-12(9-13)15(19)18-10-14(17)11-5-2-1-3-6-11/h1-9,14H,10,17H2,(H,18,19). The molecule has 19 heavy (non-hydrogen) atoms. The summed E-state index contributed by atoms with van der Waals surface area (Å²) in [6.45, 7) is 0.412. The van der Waals surface area contributed by atoms with Crippen molar-refractivity contribution < 1.29 is 4.79 Å². The van der Waals surface area contributed by atoms with Crippen LogP contribution in [-0.2, 0) is 0 Å². The predicted octanol–water partition coefficient (Wildman–Crippen LogP) is 2.88. The lowest BCUT2D eigenvalue weighted by Gasteiger charge is -2.13. The van der Waals surface area contributed by atoms with Crippen LogP contribution in [0.1, 0.15) is 22.0 Å². The predicted molar refractivity (Wildman–Crippen MR) is 79.8 cm³/mol. The molecule has 1 unspecified atom stereocenters. The summed E-state index contributed by atoms with van der Waals surface area (Å²) in [7, 11) is 0. The molecule has 0 aliphatic rings. The molecule has 2 rings (SSSR count). The molecule has 0 saturated carbocycles. The highest BCUT2D eigenvalue weighted by Crippen LogP contribution is 2.12. The number of carbonyl (C=O) groups is 1. The largest absolute Gasteiger partial charge is 0.350 e. The topological polar surface area (TPSA) is 55.1 Å². The first-order chi connectivity index (χ1) is 9.16. The lowest BCUT2D eigenvalue weighted by atomic mass is 10.1. The van der Waals surface area contributed by atoms with Crippen LogP contribution in [0.25, 0.3) is 0 Å². The van der Waals surface area contributed by atoms with Gasteiger partial charge >= 0.3 is 0 Å². The van der Waals surface area contributed by atoms with E-state index in [9.17, 15) is 4.79 Å². The van der Waals surface area contributed by atoms with Crippen LogP contribution in [0.3, 0.4) is 0 Å². The van der Waals surface area contributed by atoms with Crippen LogP contribution < -0.4 is 11.1 Å². The normalized spacial score (nSPS) is 11.9. The molecule has 3 nitrogen and oxygen atoms in total. The Morgan fingerprint density at radius 1 is 1.16 bits per heavy atom. The van der Waals surface area contributed by atoms with Gasteiger partial charge in [0.05, 0.1) is 0 Å². The Kier molecular flexibility index (Phi) is 4.71. The van der Waals surface area contributed by atoms with Crippen molar-refractivity contribution in [1.29, 1.82) is 0 Å². The molecule has 0 fully saturated rings. The van der Waals surface area contributed by atoms with Crippen molar-refractivity contribution in [3.63, 3.8) is 0 Å². The maximum atomic E-state index is 11.9. The second-order valence-corrected chi connectivity index (χ2v) is 5.15. The molecular formula is C15H15BrN2O. The molecule has 4 heteroatoms. The molecule has 3 N–H and O–H groups in total. The van der Waals surface area contributed by atoms with Crippen molar-refractivity contribution >= 4 is 21.8 Å². The van der Waals surface area contributed by atoms with E-state index in [1.807, 2.05) is 42.5 Å². The number of benzene rings is 2. The average Bonchev–Trinajstić information content (AvgIpc) is 2.45. The number of nitrogens with one attached hydrogen (secondary N) is 1. The molecule has 0 aliphatic heterocycles. The van der Waals surface area contributed by atoms with E-state index in [0.717, 1.165) is 10.0 Å². The van der Waals surface area contributed by atoms with Crippen molar-refractivity contribution in [2.75, 3.05) is 6.54 Å². The Morgan fingerprint density at radius 3 is 2.58 bits per heavy atom. The zero-order valence-corrected chi connectivity index (χ0v) is 11.9. The summed E-state index contributed by atoms with van der Waals surface area (Å²) in [5.74, 6) is -0.118. The van der Waals surface area contributed by atoms with Gasteiger partial charge in [-0.25, -0.2) is 0 Å². The first-order valence-electron chi connectivity index (χ1n) is 6.01. The average molecular weight is 319 g/mol. The van der Waals surface area contributed by atoms with Crippen molar-refractivity contribution in [2.24, 2.45) is 5.73 Å². The molecular weight excluding hydrogens is 304 g/mol. The molecule has 0 aliphatic carbocycles. The molecule has 0 bridgehead atoms. The van der Waals surface area contributed by atoms with Gasteiger partial charge in [-0.05, 0) is 23.8 Å². The van der Waals surface area contributed by atoms with Crippen LogP contribution >= 0.6 is 15.9 Å². The van der Waals surface area contributed by atoms with Gasteiger partial charge in [0.25, 0.3) is 5.91 Å². The van der Waals surface area contributed by atoms with E-state index in [-0.39, 0.29) is 11.9 Å². The number of amides is 1. The zero-order valence-electron chi connectivity index (χ0n) is 10.3. The van der Waals surface area contributed by atoms with Crippen LogP contribution in [0.2, 0.25) is 0 Å². The molecule has 98 valence electrons. The number of hydrogen-bond donors (Lipinski definition) is 2. The van der Waals surface area contributed by atoms with E-state index >= 15 is 0 Å². The van der Waals surface area contributed by atoms with E-state index in [4.69, 9.17) is 5.73 Å². The maximum absolute atomic E-state index is 11.9. The highest BCUT2D eigenvalue weighted by Gasteiger charge is 2.09. The van der Waals surface area contributed by atoms with Gasteiger partial charge in [-0.15, -0.1) is 0 Å². The second kappa shape index (κ2) is 6.50. The number of hydrogen-bond acceptors (Lipinski definition) is 2. The number of rotatable bonds is 4. The van der Waals surface area contributed by atoms with Gasteiger partial charge in [-0.3, -0.25) is 4.79 Å². The molecule has 0 heterocycles. The molecule has 2 aromatic carbocycles. The van der Waals surface area contributed by atoms with Gasteiger partial charge in [0.15, 0.2) is 0 Å². The fourth-order valence-electron chi connectivity index (χ4n) is 1.75. The van der Waals surface area contributed by atoms with Gasteiger partial charge in [-0.2, -0.15) is 0 Å². The summed E-state index contributed by atoms with van der Waals surface area (Å²) in [5.41, 5.74) is 7.66. The number of carbonyl (C=O) groups excluding carboxylic acids is 1. The minimum Gasteiger partial charge on any atom is -0.350 e.